The third-order valence-corrected chi connectivity index (χ3v) is 3.12. The van der Waals surface area contributed by atoms with Gasteiger partial charge in [-0.15, -0.1) is 0 Å². The lowest BCUT2D eigenvalue weighted by atomic mass is 10.2. The van der Waals surface area contributed by atoms with Gasteiger partial charge in [-0.3, -0.25) is 9.78 Å². The van der Waals surface area contributed by atoms with Crippen molar-refractivity contribution in [2.75, 3.05) is 11.4 Å². The Hall–Kier alpha value is -1.69. The van der Waals surface area contributed by atoms with Crippen LogP contribution in [0.2, 0.25) is 0 Å². The number of thiocarbonyl (C=S) groups is 1. The van der Waals surface area contributed by atoms with Gasteiger partial charge >= 0.3 is 0 Å². The maximum atomic E-state index is 11.3. The van der Waals surface area contributed by atoms with E-state index in [2.05, 4.69) is 4.98 Å². The van der Waals surface area contributed by atoms with E-state index < -0.39 is 0 Å². The molecule has 1 aliphatic heterocycles. The Morgan fingerprint density at radius 2 is 2.24 bits per heavy atom. The highest BCUT2D eigenvalue weighted by atomic mass is 32.1. The van der Waals surface area contributed by atoms with Crippen LogP contribution in [0.5, 0.6) is 0 Å². The molecule has 0 saturated carbocycles. The quantitative estimate of drug-likeness (QED) is 0.747. The molecule has 0 spiro atoms. The zero-order chi connectivity index (χ0) is 12.4. The monoisotopic (exact) mass is 250 g/mol. The van der Waals surface area contributed by atoms with Crippen molar-refractivity contribution < 1.29 is 4.79 Å². The number of hydrogen-bond donors (Lipinski definition) is 2. The van der Waals surface area contributed by atoms with Gasteiger partial charge in [0.25, 0.3) is 0 Å². The van der Waals surface area contributed by atoms with E-state index in [-0.39, 0.29) is 16.9 Å². The molecule has 1 aromatic rings. The van der Waals surface area contributed by atoms with Gasteiger partial charge in [0.15, 0.2) is 0 Å². The van der Waals surface area contributed by atoms with E-state index in [1.165, 1.54) is 0 Å². The zero-order valence-electron chi connectivity index (χ0n) is 9.30. The minimum Gasteiger partial charge on any atom is -0.388 e. The molecule has 6 heteroatoms. The zero-order valence-corrected chi connectivity index (χ0v) is 10.1. The molecule has 2 heterocycles. The second-order valence-corrected chi connectivity index (χ2v) is 4.46. The standard InChI is InChI=1S/C11H14N4OS/c12-10(16)9-2-1-5-15(9)7-3-4-8(11(13)17)14-6-7/h3-4,6,9H,1-2,5H2,(H2,12,16)(H2,13,17). The third-order valence-electron chi connectivity index (χ3n) is 2.91. The van der Waals surface area contributed by atoms with Crippen molar-refractivity contribution in [3.05, 3.63) is 24.0 Å². The maximum absolute atomic E-state index is 11.3. The molecule has 0 aliphatic carbocycles. The van der Waals surface area contributed by atoms with Gasteiger partial charge in [0, 0.05) is 6.54 Å². The summed E-state index contributed by atoms with van der Waals surface area (Å²) in [5.74, 6) is -0.291. The number of amides is 1. The number of primary amides is 1. The van der Waals surface area contributed by atoms with E-state index in [9.17, 15) is 4.79 Å². The number of nitrogens with zero attached hydrogens (tertiary/aromatic N) is 2. The van der Waals surface area contributed by atoms with Crippen LogP contribution in [-0.4, -0.2) is 28.5 Å². The predicted octanol–water partition coefficient (Wildman–Crippen LogP) is 0.170. The topological polar surface area (TPSA) is 85.2 Å². The van der Waals surface area contributed by atoms with Crippen LogP contribution in [0.3, 0.4) is 0 Å². The first-order chi connectivity index (χ1) is 8.09. The maximum Gasteiger partial charge on any atom is 0.240 e. The highest BCUT2D eigenvalue weighted by Crippen LogP contribution is 2.24. The first kappa shape index (κ1) is 11.8. The van der Waals surface area contributed by atoms with Crippen molar-refractivity contribution in [3.63, 3.8) is 0 Å². The second kappa shape index (κ2) is 4.67. The molecule has 1 amide bonds. The first-order valence-corrected chi connectivity index (χ1v) is 5.82. The largest absolute Gasteiger partial charge is 0.388 e. The molecule has 5 nitrogen and oxygen atoms in total. The van der Waals surface area contributed by atoms with Gasteiger partial charge in [-0.2, -0.15) is 0 Å². The van der Waals surface area contributed by atoms with E-state index in [0.29, 0.717) is 5.69 Å². The van der Waals surface area contributed by atoms with Crippen molar-refractivity contribution in [1.29, 1.82) is 0 Å². The van der Waals surface area contributed by atoms with Gasteiger partial charge in [0.1, 0.15) is 11.0 Å². The molecule has 0 bridgehead atoms. The van der Waals surface area contributed by atoms with Crippen LogP contribution in [0.1, 0.15) is 18.5 Å². The van der Waals surface area contributed by atoms with E-state index in [4.69, 9.17) is 23.7 Å². The summed E-state index contributed by atoms with van der Waals surface area (Å²) in [6.45, 7) is 0.821. The lowest BCUT2D eigenvalue weighted by molar-refractivity contribution is -0.119. The lowest BCUT2D eigenvalue weighted by Gasteiger charge is -2.23. The SMILES string of the molecule is NC(=O)C1CCCN1c1ccc(C(N)=S)nc1. The summed E-state index contributed by atoms with van der Waals surface area (Å²) in [6.07, 6.45) is 3.44. The summed E-state index contributed by atoms with van der Waals surface area (Å²) in [7, 11) is 0. The van der Waals surface area contributed by atoms with E-state index >= 15 is 0 Å². The number of carbonyl (C=O) groups is 1. The number of hydrogen-bond acceptors (Lipinski definition) is 4. The van der Waals surface area contributed by atoms with Crippen molar-refractivity contribution in [3.8, 4) is 0 Å². The Balaban J connectivity index is 2.22. The predicted molar refractivity (Wildman–Crippen MR) is 69.7 cm³/mol. The average Bonchev–Trinajstić information content (AvgIpc) is 2.78. The Morgan fingerprint density at radius 1 is 1.47 bits per heavy atom. The summed E-state index contributed by atoms with van der Waals surface area (Å²) in [5.41, 5.74) is 12.3. The Bertz CT molecular complexity index is 445. The summed E-state index contributed by atoms with van der Waals surface area (Å²) in [5, 5.41) is 0. The lowest BCUT2D eigenvalue weighted by Crippen LogP contribution is -2.40. The fraction of sp³-hybridized carbons (Fsp3) is 0.364. The molecular weight excluding hydrogens is 236 g/mol. The second-order valence-electron chi connectivity index (χ2n) is 4.02. The van der Waals surface area contributed by atoms with Gasteiger partial charge in [-0.05, 0) is 25.0 Å². The van der Waals surface area contributed by atoms with Crippen LogP contribution in [0.25, 0.3) is 0 Å². The first-order valence-electron chi connectivity index (χ1n) is 5.41. The summed E-state index contributed by atoms with van der Waals surface area (Å²) in [4.78, 5) is 17.7. The molecule has 0 radical (unpaired) electrons. The number of anilines is 1. The van der Waals surface area contributed by atoms with Gasteiger partial charge in [-0.25, -0.2) is 0 Å². The molecule has 1 unspecified atom stereocenters. The Kier molecular flexibility index (Phi) is 3.23. The van der Waals surface area contributed by atoms with Crippen molar-refractivity contribution in [1.82, 2.24) is 4.98 Å². The summed E-state index contributed by atoms with van der Waals surface area (Å²) < 4.78 is 0. The molecule has 2 rings (SSSR count). The molecular formula is C11H14N4OS. The molecule has 4 N–H and O–H groups in total. The fourth-order valence-electron chi connectivity index (χ4n) is 2.07. The van der Waals surface area contributed by atoms with Gasteiger partial charge in [0.2, 0.25) is 5.91 Å². The number of aromatic nitrogens is 1. The molecule has 1 aromatic heterocycles. The van der Waals surface area contributed by atoms with Crippen LogP contribution in [0, 0.1) is 0 Å². The number of carbonyl (C=O) groups excluding carboxylic acids is 1. The number of nitrogens with two attached hydrogens (primary N) is 2. The highest BCUT2D eigenvalue weighted by Gasteiger charge is 2.29. The van der Waals surface area contributed by atoms with E-state index in [1.807, 2.05) is 11.0 Å². The van der Waals surface area contributed by atoms with Crippen LogP contribution in [0.15, 0.2) is 18.3 Å². The van der Waals surface area contributed by atoms with Crippen molar-refractivity contribution in [2.24, 2.45) is 11.5 Å². The smallest absolute Gasteiger partial charge is 0.240 e. The van der Waals surface area contributed by atoms with Crippen molar-refractivity contribution in [2.45, 2.75) is 18.9 Å². The van der Waals surface area contributed by atoms with Crippen LogP contribution in [-0.2, 0) is 4.79 Å². The Labute approximate surface area is 105 Å². The Morgan fingerprint density at radius 3 is 2.76 bits per heavy atom. The molecule has 1 aliphatic rings. The van der Waals surface area contributed by atoms with E-state index in [1.54, 1.807) is 12.3 Å². The summed E-state index contributed by atoms with van der Waals surface area (Å²) in [6, 6.07) is 3.39. The number of rotatable bonds is 3. The molecule has 1 atom stereocenters. The van der Waals surface area contributed by atoms with Gasteiger partial charge < -0.3 is 16.4 Å². The highest BCUT2D eigenvalue weighted by molar-refractivity contribution is 7.80. The minimum atomic E-state index is -0.291. The minimum absolute atomic E-state index is 0.229. The van der Waals surface area contributed by atoms with Crippen LogP contribution >= 0.6 is 12.2 Å². The molecule has 0 aromatic carbocycles. The molecule has 90 valence electrons. The van der Waals surface area contributed by atoms with Gasteiger partial charge in [0.05, 0.1) is 17.6 Å². The van der Waals surface area contributed by atoms with Crippen LogP contribution in [0.4, 0.5) is 5.69 Å². The molecule has 17 heavy (non-hydrogen) atoms. The third kappa shape index (κ3) is 2.36. The number of pyridine rings is 1. The molecule has 1 saturated heterocycles. The molecule has 1 fully saturated rings. The van der Waals surface area contributed by atoms with E-state index in [0.717, 1.165) is 25.1 Å². The van der Waals surface area contributed by atoms with Crippen LogP contribution < -0.4 is 16.4 Å². The van der Waals surface area contributed by atoms with Crippen molar-refractivity contribution >= 4 is 28.8 Å². The average molecular weight is 250 g/mol. The normalized spacial score (nSPS) is 19.3. The fourth-order valence-corrected chi connectivity index (χ4v) is 2.19. The summed E-state index contributed by atoms with van der Waals surface area (Å²) >= 11 is 4.83. The van der Waals surface area contributed by atoms with Gasteiger partial charge in [-0.1, -0.05) is 12.2 Å².